The lowest BCUT2D eigenvalue weighted by Crippen LogP contribution is -2.29. The molecule has 0 aliphatic carbocycles. The highest BCUT2D eigenvalue weighted by atomic mass is 16.7. The molecule has 6 heteroatoms. The van der Waals surface area contributed by atoms with Crippen LogP contribution in [0, 0.1) is 10.1 Å². The molecule has 1 aromatic carbocycles. The van der Waals surface area contributed by atoms with Gasteiger partial charge >= 0.3 is 5.91 Å². The summed E-state index contributed by atoms with van der Waals surface area (Å²) in [7, 11) is 4.04. The van der Waals surface area contributed by atoms with Crippen LogP contribution in [0.2, 0.25) is 0 Å². The van der Waals surface area contributed by atoms with E-state index >= 15 is 0 Å². The molecule has 0 radical (unpaired) electrons. The molecule has 18 heavy (non-hydrogen) atoms. The summed E-state index contributed by atoms with van der Waals surface area (Å²) in [6, 6.07) is 6.85. The Balaban J connectivity index is 2.52. The number of nitro groups is 1. The van der Waals surface area contributed by atoms with E-state index in [0.717, 1.165) is 24.9 Å². The topological polar surface area (TPSA) is 75.5 Å². The van der Waals surface area contributed by atoms with Crippen LogP contribution in [0.25, 0.3) is 0 Å². The first-order valence-corrected chi connectivity index (χ1v) is 5.68. The monoisotopic (exact) mass is 251 g/mol. The van der Waals surface area contributed by atoms with Crippen molar-refractivity contribution in [1.82, 2.24) is 10.3 Å². The van der Waals surface area contributed by atoms with E-state index in [2.05, 4.69) is 4.90 Å². The van der Waals surface area contributed by atoms with Gasteiger partial charge in [0.05, 0.1) is 0 Å². The predicted molar refractivity (Wildman–Crippen MR) is 67.8 cm³/mol. The zero-order valence-corrected chi connectivity index (χ0v) is 10.5. The number of rotatable bonds is 6. The SMILES string of the molecule is CN(C)CCCc1ccc(C(=O)N[N+](=O)[O-])cc1. The summed E-state index contributed by atoms with van der Waals surface area (Å²) in [6.07, 6.45) is 1.96. The maximum atomic E-state index is 11.3. The molecule has 0 unspecified atom stereocenters. The maximum absolute atomic E-state index is 11.3. The molecule has 0 aromatic heterocycles. The van der Waals surface area contributed by atoms with E-state index in [4.69, 9.17) is 0 Å². The lowest BCUT2D eigenvalue weighted by atomic mass is 10.1. The van der Waals surface area contributed by atoms with Crippen LogP contribution >= 0.6 is 0 Å². The fraction of sp³-hybridized carbons (Fsp3) is 0.417. The third kappa shape index (κ3) is 4.92. The van der Waals surface area contributed by atoms with Gasteiger partial charge in [0.25, 0.3) is 0 Å². The van der Waals surface area contributed by atoms with E-state index in [-0.39, 0.29) is 0 Å². The molecule has 0 aliphatic rings. The van der Waals surface area contributed by atoms with Gasteiger partial charge in [0.1, 0.15) is 0 Å². The normalized spacial score (nSPS) is 10.4. The van der Waals surface area contributed by atoms with Crippen LogP contribution < -0.4 is 5.43 Å². The van der Waals surface area contributed by atoms with Crippen LogP contribution in [-0.2, 0) is 6.42 Å². The number of nitrogens with zero attached hydrogens (tertiary/aromatic N) is 2. The number of carbonyl (C=O) groups excluding carboxylic acids is 1. The molecule has 0 saturated heterocycles. The minimum atomic E-state index is -0.854. The van der Waals surface area contributed by atoms with Gasteiger partial charge in [-0.3, -0.25) is 4.79 Å². The third-order valence-electron chi connectivity index (χ3n) is 2.48. The number of benzene rings is 1. The molecular weight excluding hydrogens is 234 g/mol. The van der Waals surface area contributed by atoms with Crippen molar-refractivity contribution >= 4 is 5.91 Å². The summed E-state index contributed by atoms with van der Waals surface area (Å²) < 4.78 is 0. The Morgan fingerprint density at radius 1 is 1.33 bits per heavy atom. The molecule has 0 fully saturated rings. The van der Waals surface area contributed by atoms with E-state index in [1.807, 2.05) is 26.2 Å². The number of nitrogens with one attached hydrogen (secondary N) is 1. The molecule has 98 valence electrons. The zero-order valence-electron chi connectivity index (χ0n) is 10.5. The minimum Gasteiger partial charge on any atom is -0.309 e. The van der Waals surface area contributed by atoms with Crippen molar-refractivity contribution in [2.45, 2.75) is 12.8 Å². The fourth-order valence-electron chi connectivity index (χ4n) is 1.57. The van der Waals surface area contributed by atoms with Crippen molar-refractivity contribution in [1.29, 1.82) is 0 Å². The second-order valence-electron chi connectivity index (χ2n) is 4.30. The first-order valence-electron chi connectivity index (χ1n) is 5.68. The van der Waals surface area contributed by atoms with Gasteiger partial charge in [-0.1, -0.05) is 17.6 Å². The maximum Gasteiger partial charge on any atom is 0.310 e. The van der Waals surface area contributed by atoms with Gasteiger partial charge in [0.2, 0.25) is 0 Å². The largest absolute Gasteiger partial charge is 0.310 e. The highest BCUT2D eigenvalue weighted by Gasteiger charge is 2.10. The molecule has 0 bridgehead atoms. The summed E-state index contributed by atoms with van der Waals surface area (Å²) >= 11 is 0. The minimum absolute atomic E-state index is 0.294. The molecule has 0 heterocycles. The Morgan fingerprint density at radius 2 is 1.94 bits per heavy atom. The number of hydrogen-bond donors (Lipinski definition) is 1. The van der Waals surface area contributed by atoms with Crippen LogP contribution in [0.1, 0.15) is 22.3 Å². The van der Waals surface area contributed by atoms with Crippen molar-refractivity contribution in [2.24, 2.45) is 0 Å². The Kier molecular flexibility index (Phi) is 5.26. The van der Waals surface area contributed by atoms with Gasteiger partial charge in [-0.2, -0.15) is 0 Å². The number of hydrazine groups is 1. The lowest BCUT2D eigenvalue weighted by molar-refractivity contribution is -0.527. The molecule has 1 amide bonds. The second-order valence-corrected chi connectivity index (χ2v) is 4.30. The molecule has 0 spiro atoms. The van der Waals surface area contributed by atoms with E-state index in [9.17, 15) is 14.9 Å². The Bertz CT molecular complexity index is 415. The lowest BCUT2D eigenvalue weighted by Gasteiger charge is -2.08. The quantitative estimate of drug-likeness (QED) is 0.607. The van der Waals surface area contributed by atoms with Crippen LogP contribution in [0.15, 0.2) is 24.3 Å². The van der Waals surface area contributed by atoms with E-state index in [0.29, 0.717) is 5.56 Å². The Hall–Kier alpha value is -1.95. The standard InChI is InChI=1S/C12H17N3O3/c1-14(2)9-3-4-10-5-7-11(8-6-10)12(16)13-15(17)18/h5-8H,3-4,9H2,1-2H3,(H,13,16). The van der Waals surface area contributed by atoms with E-state index in [1.165, 1.54) is 0 Å². The average molecular weight is 251 g/mol. The number of aryl methyl sites for hydroxylation is 1. The van der Waals surface area contributed by atoms with Gasteiger partial charge < -0.3 is 4.90 Å². The number of hydrogen-bond acceptors (Lipinski definition) is 4. The molecule has 1 aromatic rings. The summed E-state index contributed by atoms with van der Waals surface area (Å²) in [5.74, 6) is -0.695. The van der Waals surface area contributed by atoms with Crippen molar-refractivity contribution < 1.29 is 9.83 Å². The smallest absolute Gasteiger partial charge is 0.309 e. The van der Waals surface area contributed by atoms with Gasteiger partial charge in [-0.05, 0) is 51.2 Å². The van der Waals surface area contributed by atoms with Gasteiger partial charge in [-0.25, -0.2) is 10.1 Å². The molecule has 0 atom stereocenters. The number of carbonyl (C=O) groups is 1. The fourth-order valence-corrected chi connectivity index (χ4v) is 1.57. The van der Waals surface area contributed by atoms with Crippen molar-refractivity contribution in [3.05, 3.63) is 45.5 Å². The summed E-state index contributed by atoms with van der Waals surface area (Å²) in [6.45, 7) is 1.00. The Morgan fingerprint density at radius 3 is 2.44 bits per heavy atom. The highest BCUT2D eigenvalue weighted by molar-refractivity contribution is 5.93. The summed E-state index contributed by atoms with van der Waals surface area (Å²) in [4.78, 5) is 23.5. The summed E-state index contributed by atoms with van der Waals surface area (Å²) in [5, 5.41) is 9.27. The first-order chi connectivity index (χ1) is 8.49. The first kappa shape index (κ1) is 14.1. The molecule has 0 aliphatic heterocycles. The predicted octanol–water partition coefficient (Wildman–Crippen LogP) is 1.10. The number of amides is 1. The van der Waals surface area contributed by atoms with Gasteiger partial charge in [0, 0.05) is 5.56 Å². The molecule has 6 nitrogen and oxygen atoms in total. The van der Waals surface area contributed by atoms with Crippen molar-refractivity contribution in [2.75, 3.05) is 20.6 Å². The van der Waals surface area contributed by atoms with E-state index < -0.39 is 10.9 Å². The van der Waals surface area contributed by atoms with Crippen molar-refractivity contribution in [3.8, 4) is 0 Å². The van der Waals surface area contributed by atoms with Gasteiger partial charge in [-0.15, -0.1) is 0 Å². The average Bonchev–Trinajstić information content (AvgIpc) is 2.28. The summed E-state index contributed by atoms with van der Waals surface area (Å²) in [5.41, 5.74) is 3.03. The van der Waals surface area contributed by atoms with Crippen LogP contribution in [0.3, 0.4) is 0 Å². The van der Waals surface area contributed by atoms with Gasteiger partial charge in [0.15, 0.2) is 5.03 Å². The zero-order chi connectivity index (χ0) is 13.5. The molecule has 1 rings (SSSR count). The van der Waals surface area contributed by atoms with Crippen molar-refractivity contribution in [3.63, 3.8) is 0 Å². The third-order valence-corrected chi connectivity index (χ3v) is 2.48. The van der Waals surface area contributed by atoms with Crippen LogP contribution in [0.4, 0.5) is 0 Å². The molecular formula is C12H17N3O3. The molecule has 0 saturated carbocycles. The Labute approximate surface area is 106 Å². The van der Waals surface area contributed by atoms with E-state index in [1.54, 1.807) is 17.6 Å². The van der Waals surface area contributed by atoms with Crippen LogP contribution in [-0.4, -0.2) is 36.5 Å². The van der Waals surface area contributed by atoms with Crippen LogP contribution in [0.5, 0.6) is 0 Å². The second kappa shape index (κ2) is 6.70. The molecule has 1 N–H and O–H groups in total. The highest BCUT2D eigenvalue weighted by Crippen LogP contribution is 2.07.